The van der Waals surface area contributed by atoms with Gasteiger partial charge in [-0.05, 0) is 12.3 Å². The summed E-state index contributed by atoms with van der Waals surface area (Å²) in [6.45, 7) is 4.11. The second kappa shape index (κ2) is 1.09. The lowest BCUT2D eigenvalue weighted by molar-refractivity contribution is -0.112. The van der Waals surface area contributed by atoms with E-state index in [2.05, 4.69) is 6.92 Å². The first-order valence-electron chi connectivity index (χ1n) is 2.65. The molecule has 0 aromatic rings. The third-order valence-corrected chi connectivity index (χ3v) is 1.98. The molecule has 2 atom stereocenters. The fourth-order valence-corrected chi connectivity index (χ4v) is 0.765. The van der Waals surface area contributed by atoms with Crippen molar-refractivity contribution in [1.29, 1.82) is 0 Å². The van der Waals surface area contributed by atoms with Gasteiger partial charge in [0.05, 0.1) is 0 Å². The van der Waals surface area contributed by atoms with Gasteiger partial charge in [-0.3, -0.25) is 0 Å². The van der Waals surface area contributed by atoms with E-state index in [-0.39, 0.29) is 5.41 Å². The number of carbonyl (C=O) groups is 1. The summed E-state index contributed by atoms with van der Waals surface area (Å²) in [4.78, 5) is 10.1. The van der Waals surface area contributed by atoms with Crippen LogP contribution < -0.4 is 0 Å². The van der Waals surface area contributed by atoms with Crippen LogP contribution in [-0.2, 0) is 4.79 Å². The Hall–Kier alpha value is -0.330. The molecule has 0 aromatic carbocycles. The van der Waals surface area contributed by atoms with E-state index < -0.39 is 0 Å². The van der Waals surface area contributed by atoms with Crippen LogP contribution in [0.15, 0.2) is 0 Å². The van der Waals surface area contributed by atoms with Crippen LogP contribution in [0, 0.1) is 11.3 Å². The Morgan fingerprint density at radius 1 is 1.86 bits per heavy atom. The minimum Gasteiger partial charge on any atom is -0.303 e. The van der Waals surface area contributed by atoms with Crippen molar-refractivity contribution < 1.29 is 4.79 Å². The molecule has 40 valence electrons. The third-order valence-electron chi connectivity index (χ3n) is 1.98. The first-order valence-corrected chi connectivity index (χ1v) is 2.65. The van der Waals surface area contributed by atoms with E-state index in [0.717, 1.165) is 12.7 Å². The van der Waals surface area contributed by atoms with Gasteiger partial charge in [-0.2, -0.15) is 0 Å². The van der Waals surface area contributed by atoms with E-state index in [0.29, 0.717) is 5.92 Å². The van der Waals surface area contributed by atoms with Crippen molar-refractivity contribution in [2.75, 3.05) is 0 Å². The highest BCUT2D eigenvalue weighted by Gasteiger charge is 2.46. The lowest BCUT2D eigenvalue weighted by Gasteiger charge is -1.90. The second-order valence-electron chi connectivity index (χ2n) is 2.73. The Kier molecular flexibility index (Phi) is 0.748. The molecule has 1 saturated carbocycles. The number of carbonyl (C=O) groups excluding carboxylic acids is 1. The van der Waals surface area contributed by atoms with E-state index in [1.165, 1.54) is 0 Å². The molecule has 0 heterocycles. The molecule has 0 saturated heterocycles. The zero-order valence-corrected chi connectivity index (χ0v) is 4.77. The zero-order valence-electron chi connectivity index (χ0n) is 4.77. The predicted octanol–water partition coefficient (Wildman–Crippen LogP) is 1.23. The Labute approximate surface area is 43.7 Å². The van der Waals surface area contributed by atoms with Gasteiger partial charge in [-0.25, -0.2) is 0 Å². The average molecular weight is 98.1 g/mol. The lowest BCUT2D eigenvalue weighted by Crippen LogP contribution is -1.95. The molecule has 0 aromatic heterocycles. The van der Waals surface area contributed by atoms with Crippen molar-refractivity contribution >= 4 is 6.29 Å². The summed E-state index contributed by atoms with van der Waals surface area (Å²) in [5.74, 6) is 0.644. The second-order valence-corrected chi connectivity index (χ2v) is 2.73. The highest BCUT2D eigenvalue weighted by Crippen LogP contribution is 2.49. The molecule has 1 rings (SSSR count). The first-order chi connectivity index (χ1) is 3.19. The molecule has 1 heteroatoms. The summed E-state index contributed by atoms with van der Waals surface area (Å²) < 4.78 is 0. The Morgan fingerprint density at radius 2 is 2.29 bits per heavy atom. The number of hydrogen-bond donors (Lipinski definition) is 0. The monoisotopic (exact) mass is 98.1 g/mol. The molecule has 0 N–H and O–H groups in total. The van der Waals surface area contributed by atoms with Gasteiger partial charge in [0.25, 0.3) is 0 Å². The first kappa shape index (κ1) is 4.82. The summed E-state index contributed by atoms with van der Waals surface area (Å²) in [5.41, 5.74) is 0.0694. The van der Waals surface area contributed by atoms with Crippen molar-refractivity contribution in [3.63, 3.8) is 0 Å². The predicted molar refractivity (Wildman–Crippen MR) is 28.0 cm³/mol. The molecular weight excluding hydrogens is 88.1 g/mol. The summed E-state index contributed by atoms with van der Waals surface area (Å²) in [5, 5.41) is 0. The van der Waals surface area contributed by atoms with Crippen molar-refractivity contribution in [2.45, 2.75) is 20.3 Å². The van der Waals surface area contributed by atoms with Gasteiger partial charge in [0, 0.05) is 5.41 Å². The van der Waals surface area contributed by atoms with Crippen LogP contribution in [0.5, 0.6) is 0 Å². The Bertz CT molecular complexity index is 98.4. The van der Waals surface area contributed by atoms with E-state index in [9.17, 15) is 4.79 Å². The van der Waals surface area contributed by atoms with Crippen LogP contribution in [0.4, 0.5) is 0 Å². The van der Waals surface area contributed by atoms with Gasteiger partial charge < -0.3 is 4.79 Å². The standard InChI is InChI=1S/C6H10O/c1-5-3-6(5,2)4-7/h4-5H,3H2,1-2H3/t5-,6+/m0/s1. The molecule has 0 aliphatic heterocycles. The lowest BCUT2D eigenvalue weighted by atomic mass is 10.1. The number of aldehydes is 1. The van der Waals surface area contributed by atoms with Crippen molar-refractivity contribution in [3.05, 3.63) is 0 Å². The highest BCUT2D eigenvalue weighted by molar-refractivity contribution is 5.63. The average Bonchev–Trinajstić information content (AvgIpc) is 2.18. The van der Waals surface area contributed by atoms with Gasteiger partial charge in [0.2, 0.25) is 0 Å². The van der Waals surface area contributed by atoms with Gasteiger partial charge in [0.15, 0.2) is 0 Å². The minimum atomic E-state index is 0.0694. The van der Waals surface area contributed by atoms with E-state index in [1.54, 1.807) is 0 Å². The maximum Gasteiger partial charge on any atom is 0.126 e. The third kappa shape index (κ3) is 0.561. The molecule has 7 heavy (non-hydrogen) atoms. The SMILES string of the molecule is C[C@H]1C[C@]1(C)C=O. The maximum absolute atomic E-state index is 10.1. The van der Waals surface area contributed by atoms with E-state index >= 15 is 0 Å². The molecule has 1 fully saturated rings. The molecule has 1 nitrogen and oxygen atoms in total. The smallest absolute Gasteiger partial charge is 0.126 e. The fraction of sp³-hybridized carbons (Fsp3) is 0.833. The number of rotatable bonds is 1. The summed E-state index contributed by atoms with van der Waals surface area (Å²) >= 11 is 0. The molecule has 0 amide bonds. The molecule has 1 aliphatic rings. The quantitative estimate of drug-likeness (QED) is 0.451. The number of hydrogen-bond acceptors (Lipinski definition) is 1. The Balaban J connectivity index is 2.51. The van der Waals surface area contributed by atoms with Gasteiger partial charge in [0.1, 0.15) is 6.29 Å². The zero-order chi connectivity index (χ0) is 5.49. The van der Waals surface area contributed by atoms with Crippen LogP contribution >= 0.6 is 0 Å². The van der Waals surface area contributed by atoms with E-state index in [1.807, 2.05) is 6.92 Å². The normalized spacial score (nSPS) is 48.6. The minimum absolute atomic E-state index is 0.0694. The molecule has 0 unspecified atom stereocenters. The molecule has 0 spiro atoms. The molecule has 0 bridgehead atoms. The van der Waals surface area contributed by atoms with Crippen LogP contribution in [0.25, 0.3) is 0 Å². The summed E-state index contributed by atoms with van der Waals surface area (Å²) in [6, 6.07) is 0. The highest BCUT2D eigenvalue weighted by atomic mass is 16.1. The van der Waals surface area contributed by atoms with Crippen LogP contribution in [0.2, 0.25) is 0 Å². The van der Waals surface area contributed by atoms with Crippen molar-refractivity contribution in [3.8, 4) is 0 Å². The van der Waals surface area contributed by atoms with Gasteiger partial charge >= 0.3 is 0 Å². The van der Waals surface area contributed by atoms with Crippen molar-refractivity contribution in [2.24, 2.45) is 11.3 Å². The Morgan fingerprint density at radius 3 is 2.29 bits per heavy atom. The molecule has 1 aliphatic carbocycles. The van der Waals surface area contributed by atoms with Crippen LogP contribution in [-0.4, -0.2) is 6.29 Å². The largest absolute Gasteiger partial charge is 0.303 e. The van der Waals surface area contributed by atoms with Gasteiger partial charge in [-0.1, -0.05) is 13.8 Å². The maximum atomic E-state index is 10.1. The van der Waals surface area contributed by atoms with Crippen LogP contribution in [0.3, 0.4) is 0 Å². The summed E-state index contributed by atoms with van der Waals surface area (Å²) in [6.07, 6.45) is 2.16. The fourth-order valence-electron chi connectivity index (χ4n) is 0.765. The topological polar surface area (TPSA) is 17.1 Å². The van der Waals surface area contributed by atoms with E-state index in [4.69, 9.17) is 0 Å². The summed E-state index contributed by atoms with van der Waals surface area (Å²) in [7, 11) is 0. The molecule has 0 radical (unpaired) electrons. The molecular formula is C6H10O. The van der Waals surface area contributed by atoms with Crippen LogP contribution in [0.1, 0.15) is 20.3 Å². The van der Waals surface area contributed by atoms with Crippen molar-refractivity contribution in [1.82, 2.24) is 0 Å². The van der Waals surface area contributed by atoms with Gasteiger partial charge in [-0.15, -0.1) is 0 Å².